The summed E-state index contributed by atoms with van der Waals surface area (Å²) < 4.78 is 0.843. The van der Waals surface area contributed by atoms with Crippen LogP contribution in [0.15, 0.2) is 17.0 Å². The van der Waals surface area contributed by atoms with Crippen LogP contribution in [0.25, 0.3) is 0 Å². The maximum atomic E-state index is 4.38. The van der Waals surface area contributed by atoms with Crippen molar-refractivity contribution in [2.24, 2.45) is 0 Å². The van der Waals surface area contributed by atoms with Crippen LogP contribution >= 0.6 is 15.9 Å². The number of rotatable bonds is 3. The summed E-state index contributed by atoms with van der Waals surface area (Å²) in [5.74, 6) is 1.67. The molecule has 2 N–H and O–H groups in total. The van der Waals surface area contributed by atoms with Gasteiger partial charge in [0.15, 0.2) is 0 Å². The van der Waals surface area contributed by atoms with Crippen molar-refractivity contribution in [2.75, 3.05) is 5.32 Å². The highest BCUT2D eigenvalue weighted by Crippen LogP contribution is 2.17. The second kappa shape index (κ2) is 4.61. The van der Waals surface area contributed by atoms with Gasteiger partial charge in [-0.15, -0.1) is 0 Å². The zero-order valence-corrected chi connectivity index (χ0v) is 10.7. The predicted molar refractivity (Wildman–Crippen MR) is 65.1 cm³/mol. The number of H-pyrrole nitrogens is 1. The van der Waals surface area contributed by atoms with E-state index >= 15 is 0 Å². The molecule has 0 fully saturated rings. The molecule has 6 heteroatoms. The topological polar surface area (TPSA) is 66.5 Å². The molecule has 0 amide bonds. The summed E-state index contributed by atoms with van der Waals surface area (Å²) in [4.78, 5) is 15.6. The second-order valence-electron chi connectivity index (χ2n) is 3.47. The third kappa shape index (κ3) is 2.38. The Morgan fingerprint density at radius 2 is 2.25 bits per heavy atom. The summed E-state index contributed by atoms with van der Waals surface area (Å²) in [6, 6.07) is 0. The minimum Gasteiger partial charge on any atom is -0.362 e. The van der Waals surface area contributed by atoms with E-state index in [2.05, 4.69) is 41.2 Å². The fourth-order valence-corrected chi connectivity index (χ4v) is 1.68. The van der Waals surface area contributed by atoms with Crippen molar-refractivity contribution < 1.29 is 0 Å². The fraction of sp³-hybridized carbons (Fsp3) is 0.300. The van der Waals surface area contributed by atoms with Crippen molar-refractivity contribution in [1.29, 1.82) is 0 Å². The molecule has 0 unspecified atom stereocenters. The van der Waals surface area contributed by atoms with Crippen LogP contribution in [-0.2, 0) is 6.54 Å². The molecule has 16 heavy (non-hydrogen) atoms. The van der Waals surface area contributed by atoms with Crippen LogP contribution in [0.1, 0.15) is 17.2 Å². The maximum absolute atomic E-state index is 4.38. The molecule has 2 rings (SSSR count). The molecular formula is C10H12BrN5. The first kappa shape index (κ1) is 11.1. The monoisotopic (exact) mass is 281 g/mol. The average Bonchev–Trinajstić information content (AvgIpc) is 2.57. The molecule has 0 atom stereocenters. The van der Waals surface area contributed by atoms with Gasteiger partial charge in [-0.3, -0.25) is 0 Å². The SMILES string of the molecule is Cc1nc(CNc2ncncc2Br)[nH]c1C. The maximum Gasteiger partial charge on any atom is 0.144 e. The third-order valence-corrected chi connectivity index (χ3v) is 2.85. The summed E-state index contributed by atoms with van der Waals surface area (Å²) in [7, 11) is 0. The summed E-state index contributed by atoms with van der Waals surface area (Å²) in [6.45, 7) is 4.60. The minimum atomic E-state index is 0.615. The average molecular weight is 282 g/mol. The van der Waals surface area contributed by atoms with E-state index in [9.17, 15) is 0 Å². The van der Waals surface area contributed by atoms with Crippen molar-refractivity contribution in [3.05, 3.63) is 34.2 Å². The van der Waals surface area contributed by atoms with Gasteiger partial charge in [-0.1, -0.05) is 0 Å². The molecule has 0 aromatic carbocycles. The van der Waals surface area contributed by atoms with Gasteiger partial charge < -0.3 is 10.3 Å². The molecule has 0 spiro atoms. The van der Waals surface area contributed by atoms with Gasteiger partial charge in [-0.2, -0.15) is 0 Å². The lowest BCUT2D eigenvalue weighted by molar-refractivity contribution is 0.969. The fourth-order valence-electron chi connectivity index (χ4n) is 1.32. The number of hydrogen-bond acceptors (Lipinski definition) is 4. The van der Waals surface area contributed by atoms with E-state index in [0.717, 1.165) is 27.5 Å². The van der Waals surface area contributed by atoms with Crippen molar-refractivity contribution in [3.63, 3.8) is 0 Å². The zero-order chi connectivity index (χ0) is 11.5. The Morgan fingerprint density at radius 1 is 1.44 bits per heavy atom. The quantitative estimate of drug-likeness (QED) is 0.905. The molecule has 84 valence electrons. The molecule has 0 aliphatic carbocycles. The second-order valence-corrected chi connectivity index (χ2v) is 4.32. The van der Waals surface area contributed by atoms with Crippen molar-refractivity contribution in [1.82, 2.24) is 19.9 Å². The van der Waals surface area contributed by atoms with E-state index < -0.39 is 0 Å². The van der Waals surface area contributed by atoms with Gasteiger partial charge in [0.05, 0.1) is 16.7 Å². The van der Waals surface area contributed by atoms with Crippen molar-refractivity contribution >= 4 is 21.7 Å². The predicted octanol–water partition coefficient (Wildman–Crippen LogP) is 2.19. The van der Waals surface area contributed by atoms with Gasteiger partial charge >= 0.3 is 0 Å². The molecule has 0 aliphatic rings. The van der Waals surface area contributed by atoms with Crippen LogP contribution in [0.2, 0.25) is 0 Å². The Bertz CT molecular complexity index is 474. The Hall–Kier alpha value is -1.43. The number of imidazole rings is 1. The van der Waals surface area contributed by atoms with Gasteiger partial charge in [0.25, 0.3) is 0 Å². The van der Waals surface area contributed by atoms with E-state index in [1.807, 2.05) is 13.8 Å². The Labute approximate surface area is 102 Å². The van der Waals surface area contributed by atoms with Gasteiger partial charge in [0.1, 0.15) is 18.0 Å². The van der Waals surface area contributed by atoms with E-state index in [4.69, 9.17) is 0 Å². The zero-order valence-electron chi connectivity index (χ0n) is 9.08. The largest absolute Gasteiger partial charge is 0.362 e. The van der Waals surface area contributed by atoms with Crippen LogP contribution in [0.3, 0.4) is 0 Å². The number of aryl methyl sites for hydroxylation is 2. The number of halogens is 1. The van der Waals surface area contributed by atoms with Gasteiger partial charge in [-0.25, -0.2) is 15.0 Å². The third-order valence-electron chi connectivity index (χ3n) is 2.27. The molecular weight excluding hydrogens is 270 g/mol. The summed E-state index contributed by atoms with van der Waals surface area (Å²) in [5.41, 5.74) is 2.12. The standard InChI is InChI=1S/C10H12BrN5/c1-6-7(2)16-9(15-6)4-13-10-8(11)3-12-5-14-10/h3,5H,4H2,1-2H3,(H,15,16)(H,12,13,14). The lowest BCUT2D eigenvalue weighted by atomic mass is 10.4. The summed E-state index contributed by atoms with van der Waals surface area (Å²) in [6.07, 6.45) is 3.21. The van der Waals surface area contributed by atoms with E-state index in [-0.39, 0.29) is 0 Å². The first-order valence-electron chi connectivity index (χ1n) is 4.88. The highest BCUT2D eigenvalue weighted by Gasteiger charge is 2.04. The molecule has 2 heterocycles. The lowest BCUT2D eigenvalue weighted by Gasteiger charge is -2.04. The highest BCUT2D eigenvalue weighted by molar-refractivity contribution is 9.10. The van der Waals surface area contributed by atoms with E-state index in [1.165, 1.54) is 6.33 Å². The van der Waals surface area contributed by atoms with Crippen LogP contribution in [-0.4, -0.2) is 19.9 Å². The van der Waals surface area contributed by atoms with Gasteiger partial charge in [-0.05, 0) is 29.8 Å². The van der Waals surface area contributed by atoms with Gasteiger partial charge in [0, 0.05) is 11.9 Å². The van der Waals surface area contributed by atoms with E-state index in [0.29, 0.717) is 6.54 Å². The smallest absolute Gasteiger partial charge is 0.144 e. The molecule has 2 aromatic heterocycles. The summed E-state index contributed by atoms with van der Waals surface area (Å²) >= 11 is 3.37. The van der Waals surface area contributed by atoms with Gasteiger partial charge in [0.2, 0.25) is 0 Å². The molecule has 0 aliphatic heterocycles. The first-order valence-corrected chi connectivity index (χ1v) is 5.67. The van der Waals surface area contributed by atoms with Crippen LogP contribution in [0.5, 0.6) is 0 Å². The molecule has 0 radical (unpaired) electrons. The molecule has 0 saturated heterocycles. The first-order chi connectivity index (χ1) is 7.66. The molecule has 0 bridgehead atoms. The summed E-state index contributed by atoms with van der Waals surface area (Å²) in [5, 5.41) is 3.18. The van der Waals surface area contributed by atoms with Crippen molar-refractivity contribution in [3.8, 4) is 0 Å². The Balaban J connectivity index is 2.05. The van der Waals surface area contributed by atoms with Crippen LogP contribution in [0.4, 0.5) is 5.82 Å². The van der Waals surface area contributed by atoms with E-state index in [1.54, 1.807) is 6.20 Å². The minimum absolute atomic E-state index is 0.615. The number of hydrogen-bond donors (Lipinski definition) is 2. The Kier molecular flexibility index (Phi) is 3.19. The Morgan fingerprint density at radius 3 is 2.88 bits per heavy atom. The molecule has 2 aromatic rings. The highest BCUT2D eigenvalue weighted by atomic mass is 79.9. The van der Waals surface area contributed by atoms with Crippen LogP contribution in [0, 0.1) is 13.8 Å². The number of aromatic nitrogens is 4. The number of nitrogens with one attached hydrogen (secondary N) is 2. The lowest BCUT2D eigenvalue weighted by Crippen LogP contribution is -2.03. The number of nitrogens with zero attached hydrogens (tertiary/aromatic N) is 3. The van der Waals surface area contributed by atoms with Crippen LogP contribution < -0.4 is 5.32 Å². The normalized spacial score (nSPS) is 10.4. The van der Waals surface area contributed by atoms with Crippen molar-refractivity contribution in [2.45, 2.75) is 20.4 Å². The molecule has 5 nitrogen and oxygen atoms in total. The number of anilines is 1. The molecule has 0 saturated carbocycles. The number of aromatic amines is 1.